The first-order valence-corrected chi connectivity index (χ1v) is 12.8. The fourth-order valence-corrected chi connectivity index (χ4v) is 4.95. The fraction of sp³-hybridized carbons (Fsp3) is 0.310. The Labute approximate surface area is 220 Å². The lowest BCUT2D eigenvalue weighted by Crippen LogP contribution is -2.44. The molecule has 4 aromatic rings. The van der Waals surface area contributed by atoms with Crippen LogP contribution in [0.1, 0.15) is 30.5 Å². The van der Waals surface area contributed by atoms with Gasteiger partial charge in [0.1, 0.15) is 5.82 Å². The van der Waals surface area contributed by atoms with Crippen molar-refractivity contribution in [2.24, 2.45) is 7.05 Å². The number of halogens is 3. The lowest BCUT2D eigenvalue weighted by molar-refractivity contribution is -0.137. The van der Waals surface area contributed by atoms with Crippen molar-refractivity contribution in [1.29, 1.82) is 0 Å². The third kappa shape index (κ3) is 5.38. The number of aromatic nitrogens is 3. The number of nitrogens with one attached hydrogen (secondary N) is 2. The molecule has 0 bridgehead atoms. The SMILES string of the molecule is CC[C@H](Nc1cc(-c2c(-c3cccc(C(F)(F)F)c3)nc(N3CCNCC3)n2C)ccn1)c1ccccc1. The summed E-state index contributed by atoms with van der Waals surface area (Å²) in [5.41, 5.74) is 2.98. The first-order valence-electron chi connectivity index (χ1n) is 12.8. The highest BCUT2D eigenvalue weighted by Gasteiger charge is 2.31. The molecule has 0 spiro atoms. The van der Waals surface area contributed by atoms with Crippen LogP contribution >= 0.6 is 0 Å². The van der Waals surface area contributed by atoms with E-state index in [0.717, 1.165) is 61.4 Å². The summed E-state index contributed by atoms with van der Waals surface area (Å²) in [6.07, 6.45) is -1.85. The largest absolute Gasteiger partial charge is 0.416 e. The zero-order valence-electron chi connectivity index (χ0n) is 21.5. The molecule has 2 aromatic heterocycles. The van der Waals surface area contributed by atoms with Gasteiger partial charge in [0.2, 0.25) is 5.95 Å². The van der Waals surface area contributed by atoms with E-state index in [1.807, 2.05) is 41.9 Å². The maximum atomic E-state index is 13.6. The molecule has 38 heavy (non-hydrogen) atoms. The van der Waals surface area contributed by atoms with Crippen molar-refractivity contribution in [3.05, 3.63) is 84.1 Å². The Bertz CT molecular complexity index is 1380. The Morgan fingerprint density at radius 1 is 0.974 bits per heavy atom. The van der Waals surface area contributed by atoms with Crippen LogP contribution < -0.4 is 15.5 Å². The van der Waals surface area contributed by atoms with Crippen LogP contribution in [-0.2, 0) is 13.2 Å². The molecule has 1 aliphatic rings. The van der Waals surface area contributed by atoms with Gasteiger partial charge in [0.05, 0.1) is 23.0 Å². The highest BCUT2D eigenvalue weighted by atomic mass is 19.4. The van der Waals surface area contributed by atoms with E-state index in [0.29, 0.717) is 17.1 Å². The number of hydrogen-bond donors (Lipinski definition) is 2. The molecule has 0 unspecified atom stereocenters. The van der Waals surface area contributed by atoms with Crippen molar-refractivity contribution in [2.75, 3.05) is 36.4 Å². The van der Waals surface area contributed by atoms with Crippen LogP contribution in [0.25, 0.3) is 22.5 Å². The summed E-state index contributed by atoms with van der Waals surface area (Å²) in [6.45, 7) is 5.29. The van der Waals surface area contributed by atoms with E-state index in [4.69, 9.17) is 4.98 Å². The van der Waals surface area contributed by atoms with E-state index < -0.39 is 11.7 Å². The van der Waals surface area contributed by atoms with Gasteiger partial charge >= 0.3 is 6.18 Å². The minimum absolute atomic E-state index is 0.0739. The number of imidazole rings is 1. The normalized spacial score (nSPS) is 14.9. The van der Waals surface area contributed by atoms with E-state index >= 15 is 0 Å². The molecule has 1 aliphatic heterocycles. The monoisotopic (exact) mass is 520 g/mol. The van der Waals surface area contributed by atoms with Crippen molar-refractivity contribution < 1.29 is 13.2 Å². The Hall–Kier alpha value is -3.85. The molecule has 1 saturated heterocycles. The van der Waals surface area contributed by atoms with E-state index in [-0.39, 0.29) is 6.04 Å². The lowest BCUT2D eigenvalue weighted by atomic mass is 10.0. The number of alkyl halides is 3. The highest BCUT2D eigenvalue weighted by Crippen LogP contribution is 2.38. The average molecular weight is 521 g/mol. The van der Waals surface area contributed by atoms with E-state index in [9.17, 15) is 13.2 Å². The fourth-order valence-electron chi connectivity index (χ4n) is 4.95. The van der Waals surface area contributed by atoms with Gasteiger partial charge in [-0.2, -0.15) is 13.2 Å². The predicted molar refractivity (Wildman–Crippen MR) is 145 cm³/mol. The van der Waals surface area contributed by atoms with Gasteiger partial charge in [-0.3, -0.25) is 0 Å². The van der Waals surface area contributed by atoms with Crippen LogP contribution in [0.5, 0.6) is 0 Å². The number of benzene rings is 2. The third-order valence-corrected chi connectivity index (χ3v) is 6.90. The first kappa shape index (κ1) is 25.8. The van der Waals surface area contributed by atoms with Crippen molar-refractivity contribution in [3.63, 3.8) is 0 Å². The number of anilines is 2. The number of piperazine rings is 1. The summed E-state index contributed by atoms with van der Waals surface area (Å²) < 4.78 is 42.7. The quantitative estimate of drug-likeness (QED) is 0.307. The first-order chi connectivity index (χ1) is 18.3. The van der Waals surface area contributed by atoms with Crippen LogP contribution in [0, 0.1) is 0 Å². The molecule has 0 saturated carbocycles. The molecule has 1 atom stereocenters. The van der Waals surface area contributed by atoms with Gasteiger partial charge in [-0.25, -0.2) is 9.97 Å². The summed E-state index contributed by atoms with van der Waals surface area (Å²) in [5.74, 6) is 1.43. The molecule has 2 N–H and O–H groups in total. The van der Waals surface area contributed by atoms with E-state index in [1.54, 1.807) is 12.3 Å². The van der Waals surface area contributed by atoms with Gasteiger partial charge in [0.15, 0.2) is 0 Å². The highest BCUT2D eigenvalue weighted by molar-refractivity contribution is 5.82. The van der Waals surface area contributed by atoms with Crippen molar-refractivity contribution in [3.8, 4) is 22.5 Å². The van der Waals surface area contributed by atoms with Gasteiger partial charge in [-0.15, -0.1) is 0 Å². The van der Waals surface area contributed by atoms with Gasteiger partial charge in [-0.1, -0.05) is 49.4 Å². The van der Waals surface area contributed by atoms with Crippen LogP contribution in [0.15, 0.2) is 72.9 Å². The Kier molecular flexibility index (Phi) is 7.37. The van der Waals surface area contributed by atoms with E-state index in [2.05, 4.69) is 39.6 Å². The smallest absolute Gasteiger partial charge is 0.363 e. The molecule has 9 heteroatoms. The van der Waals surface area contributed by atoms with Crippen LogP contribution in [0.2, 0.25) is 0 Å². The summed E-state index contributed by atoms with van der Waals surface area (Å²) >= 11 is 0. The summed E-state index contributed by atoms with van der Waals surface area (Å²) in [4.78, 5) is 11.6. The Balaban J connectivity index is 1.59. The average Bonchev–Trinajstić information content (AvgIpc) is 3.29. The number of rotatable bonds is 7. The van der Waals surface area contributed by atoms with Gasteiger partial charge < -0.3 is 20.1 Å². The molecule has 6 nitrogen and oxygen atoms in total. The topological polar surface area (TPSA) is 58.0 Å². The molecule has 5 rings (SSSR count). The summed E-state index contributed by atoms with van der Waals surface area (Å²) in [7, 11) is 1.92. The standard InChI is InChI=1S/C29H31F3N6/c1-3-24(20-8-5-4-6-9-20)35-25-19-22(12-13-34-25)27-26(21-10-7-11-23(18-21)29(30,31)32)36-28(37(27)2)38-16-14-33-15-17-38/h4-13,18-19,24,33H,3,14-17H2,1-2H3,(H,34,35)/t24-/m0/s1. The maximum absolute atomic E-state index is 13.6. The van der Waals surface area contributed by atoms with Crippen molar-refractivity contribution in [2.45, 2.75) is 25.6 Å². The van der Waals surface area contributed by atoms with Crippen LogP contribution in [0.3, 0.4) is 0 Å². The minimum Gasteiger partial charge on any atom is -0.363 e. The lowest BCUT2D eigenvalue weighted by Gasteiger charge is -2.28. The van der Waals surface area contributed by atoms with Gasteiger partial charge in [0.25, 0.3) is 0 Å². The molecular formula is C29H31F3N6. The van der Waals surface area contributed by atoms with Gasteiger partial charge in [-0.05, 0) is 36.2 Å². The number of nitrogens with zero attached hydrogens (tertiary/aromatic N) is 4. The second-order valence-corrected chi connectivity index (χ2v) is 9.43. The molecule has 1 fully saturated rings. The molecule has 0 radical (unpaired) electrons. The second-order valence-electron chi connectivity index (χ2n) is 9.43. The zero-order valence-corrected chi connectivity index (χ0v) is 21.5. The number of hydrogen-bond acceptors (Lipinski definition) is 5. The van der Waals surface area contributed by atoms with Crippen LogP contribution in [0.4, 0.5) is 24.9 Å². The second kappa shape index (κ2) is 10.9. The van der Waals surface area contributed by atoms with Crippen molar-refractivity contribution in [1.82, 2.24) is 19.9 Å². The predicted octanol–water partition coefficient (Wildman–Crippen LogP) is 6.14. The Morgan fingerprint density at radius 2 is 1.74 bits per heavy atom. The molecule has 3 heterocycles. The minimum atomic E-state index is -4.44. The van der Waals surface area contributed by atoms with Gasteiger partial charge in [0, 0.05) is 50.6 Å². The summed E-state index contributed by atoms with van der Waals surface area (Å²) in [5, 5.41) is 6.86. The van der Waals surface area contributed by atoms with Crippen LogP contribution in [-0.4, -0.2) is 40.7 Å². The molecule has 0 amide bonds. The molecule has 2 aromatic carbocycles. The summed E-state index contributed by atoms with van der Waals surface area (Å²) in [6, 6.07) is 19.5. The maximum Gasteiger partial charge on any atom is 0.416 e. The molecule has 0 aliphatic carbocycles. The third-order valence-electron chi connectivity index (χ3n) is 6.90. The zero-order chi connectivity index (χ0) is 26.7. The Morgan fingerprint density at radius 3 is 2.45 bits per heavy atom. The van der Waals surface area contributed by atoms with Crippen molar-refractivity contribution >= 4 is 11.8 Å². The van der Waals surface area contributed by atoms with E-state index in [1.165, 1.54) is 12.1 Å². The molecule has 198 valence electrons. The molecular weight excluding hydrogens is 489 g/mol. The number of pyridine rings is 1.